The first-order valence-corrected chi connectivity index (χ1v) is 7.93. The van der Waals surface area contributed by atoms with Gasteiger partial charge in [0.05, 0.1) is 5.51 Å². The van der Waals surface area contributed by atoms with Crippen LogP contribution >= 0.6 is 22.7 Å². The Kier molecular flexibility index (Phi) is 3.76. The van der Waals surface area contributed by atoms with Crippen molar-refractivity contribution >= 4 is 38.7 Å². The number of nitrogens with one attached hydrogen (secondary N) is 1. The molecule has 2 N–H and O–H groups in total. The maximum absolute atomic E-state index is 11.9. The first-order chi connectivity index (χ1) is 8.50. The highest BCUT2D eigenvalue weighted by Crippen LogP contribution is 2.22. The average molecular weight is 304 g/mol. The molecule has 0 aromatic carbocycles. The van der Waals surface area contributed by atoms with E-state index in [1.807, 2.05) is 0 Å². The SMILES string of the molecule is O=C(O)c1sccc1S(=O)(=O)NCc1cncs1. The predicted molar refractivity (Wildman–Crippen MR) is 67.4 cm³/mol. The topological polar surface area (TPSA) is 96.4 Å². The van der Waals surface area contributed by atoms with Crippen molar-refractivity contribution in [1.29, 1.82) is 0 Å². The van der Waals surface area contributed by atoms with Gasteiger partial charge in [-0.05, 0) is 11.4 Å². The van der Waals surface area contributed by atoms with Gasteiger partial charge in [0, 0.05) is 17.6 Å². The van der Waals surface area contributed by atoms with Crippen LogP contribution in [0.4, 0.5) is 0 Å². The summed E-state index contributed by atoms with van der Waals surface area (Å²) in [5, 5.41) is 10.3. The molecule has 0 saturated carbocycles. The quantitative estimate of drug-likeness (QED) is 0.870. The van der Waals surface area contributed by atoms with E-state index in [9.17, 15) is 13.2 Å². The normalized spacial score (nSPS) is 11.6. The molecule has 0 aliphatic heterocycles. The summed E-state index contributed by atoms with van der Waals surface area (Å²) in [5.41, 5.74) is 1.59. The molecule has 0 aliphatic rings. The first kappa shape index (κ1) is 13.1. The van der Waals surface area contributed by atoms with Crippen molar-refractivity contribution in [2.45, 2.75) is 11.4 Å². The molecule has 2 aromatic rings. The summed E-state index contributed by atoms with van der Waals surface area (Å²) in [6.45, 7) is 0.0991. The van der Waals surface area contributed by atoms with E-state index >= 15 is 0 Å². The van der Waals surface area contributed by atoms with E-state index in [4.69, 9.17) is 5.11 Å². The third-order valence-electron chi connectivity index (χ3n) is 2.03. The smallest absolute Gasteiger partial charge is 0.347 e. The van der Waals surface area contributed by atoms with Crippen LogP contribution in [0.15, 0.2) is 28.0 Å². The number of aromatic carboxylic acids is 1. The number of hydrogen-bond donors (Lipinski definition) is 2. The van der Waals surface area contributed by atoms with E-state index in [1.165, 1.54) is 22.8 Å². The number of nitrogens with zero attached hydrogens (tertiary/aromatic N) is 1. The summed E-state index contributed by atoms with van der Waals surface area (Å²) >= 11 is 2.20. The Bertz CT molecular complexity index is 645. The summed E-state index contributed by atoms with van der Waals surface area (Å²) in [7, 11) is -3.81. The van der Waals surface area contributed by atoms with Crippen LogP contribution in [0.2, 0.25) is 0 Å². The Morgan fingerprint density at radius 3 is 2.83 bits per heavy atom. The molecule has 2 rings (SSSR count). The molecule has 0 atom stereocenters. The van der Waals surface area contributed by atoms with Gasteiger partial charge in [0.25, 0.3) is 0 Å². The Morgan fingerprint density at radius 1 is 1.44 bits per heavy atom. The molecule has 2 heterocycles. The Hall–Kier alpha value is -1.29. The number of carboxylic acid groups (broad SMARTS) is 1. The van der Waals surface area contributed by atoms with Gasteiger partial charge in [-0.25, -0.2) is 17.9 Å². The molecule has 0 radical (unpaired) electrons. The Labute approximate surface area is 111 Å². The van der Waals surface area contributed by atoms with Crippen LogP contribution in [0, 0.1) is 0 Å². The molecule has 18 heavy (non-hydrogen) atoms. The number of sulfonamides is 1. The molecule has 0 bridgehead atoms. The lowest BCUT2D eigenvalue weighted by Crippen LogP contribution is -2.23. The maximum atomic E-state index is 11.9. The molecule has 6 nitrogen and oxygen atoms in total. The van der Waals surface area contributed by atoms with Crippen molar-refractivity contribution in [2.24, 2.45) is 0 Å². The van der Waals surface area contributed by atoms with E-state index in [1.54, 1.807) is 11.7 Å². The molecular formula is C9H8N2O4S3. The van der Waals surface area contributed by atoms with Crippen molar-refractivity contribution in [1.82, 2.24) is 9.71 Å². The largest absolute Gasteiger partial charge is 0.477 e. The average Bonchev–Trinajstić information content (AvgIpc) is 2.98. The Morgan fingerprint density at radius 2 is 2.22 bits per heavy atom. The summed E-state index contributed by atoms with van der Waals surface area (Å²) in [4.78, 5) is 15.1. The number of hydrogen-bond acceptors (Lipinski definition) is 6. The molecule has 9 heteroatoms. The standard InChI is InChI=1S/C9H8N2O4S3/c12-9(13)8-7(1-2-16-8)18(14,15)11-4-6-3-10-5-17-6/h1-3,5,11H,4H2,(H,12,13). The molecule has 0 aliphatic carbocycles. The highest BCUT2D eigenvalue weighted by atomic mass is 32.2. The fourth-order valence-electron chi connectivity index (χ4n) is 1.24. The van der Waals surface area contributed by atoms with Gasteiger partial charge in [-0.15, -0.1) is 22.7 Å². The number of rotatable bonds is 5. The monoisotopic (exact) mass is 304 g/mol. The van der Waals surface area contributed by atoms with E-state index in [0.29, 0.717) is 0 Å². The zero-order valence-electron chi connectivity index (χ0n) is 8.86. The number of carboxylic acids is 1. The van der Waals surface area contributed by atoms with E-state index in [0.717, 1.165) is 16.2 Å². The zero-order valence-corrected chi connectivity index (χ0v) is 11.3. The van der Waals surface area contributed by atoms with E-state index in [2.05, 4.69) is 9.71 Å². The second-order valence-corrected chi connectivity index (χ2v) is 6.83. The molecule has 2 aromatic heterocycles. The molecule has 0 amide bonds. The van der Waals surface area contributed by atoms with E-state index in [-0.39, 0.29) is 16.3 Å². The van der Waals surface area contributed by atoms with Crippen LogP contribution in [-0.4, -0.2) is 24.5 Å². The van der Waals surface area contributed by atoms with Gasteiger partial charge in [0.1, 0.15) is 9.77 Å². The fraction of sp³-hybridized carbons (Fsp3) is 0.111. The third-order valence-corrected chi connectivity index (χ3v) is 5.29. The predicted octanol–water partition coefficient (Wildman–Crippen LogP) is 1.38. The van der Waals surface area contributed by atoms with Gasteiger partial charge < -0.3 is 5.11 Å². The summed E-state index contributed by atoms with van der Waals surface area (Å²) in [5.74, 6) is -1.25. The van der Waals surface area contributed by atoms with Gasteiger partial charge in [0.2, 0.25) is 10.0 Å². The minimum Gasteiger partial charge on any atom is -0.477 e. The number of thiazole rings is 1. The first-order valence-electron chi connectivity index (χ1n) is 4.68. The molecule has 0 spiro atoms. The lowest BCUT2D eigenvalue weighted by Gasteiger charge is -2.04. The summed E-state index contributed by atoms with van der Waals surface area (Å²) in [6, 6.07) is 1.28. The summed E-state index contributed by atoms with van der Waals surface area (Å²) in [6.07, 6.45) is 1.55. The minimum absolute atomic E-state index is 0.0991. The molecule has 0 fully saturated rings. The number of thiophene rings is 1. The van der Waals surface area contributed by atoms with Crippen LogP contribution in [0.5, 0.6) is 0 Å². The minimum atomic E-state index is -3.81. The van der Waals surface area contributed by atoms with Crippen molar-refractivity contribution < 1.29 is 18.3 Å². The number of carbonyl (C=O) groups is 1. The highest BCUT2D eigenvalue weighted by Gasteiger charge is 2.23. The van der Waals surface area contributed by atoms with Gasteiger partial charge in [-0.2, -0.15) is 0 Å². The second kappa shape index (κ2) is 5.14. The molecule has 0 unspecified atom stereocenters. The molecular weight excluding hydrogens is 296 g/mol. The van der Waals surface area contributed by atoms with Crippen molar-refractivity contribution in [3.05, 3.63) is 32.9 Å². The second-order valence-electron chi connectivity index (χ2n) is 3.21. The van der Waals surface area contributed by atoms with Gasteiger partial charge in [0.15, 0.2) is 0 Å². The zero-order chi connectivity index (χ0) is 13.2. The van der Waals surface area contributed by atoms with Gasteiger partial charge in [-0.1, -0.05) is 0 Å². The maximum Gasteiger partial charge on any atom is 0.347 e. The van der Waals surface area contributed by atoms with E-state index < -0.39 is 16.0 Å². The van der Waals surface area contributed by atoms with Crippen LogP contribution in [-0.2, 0) is 16.6 Å². The van der Waals surface area contributed by atoms with Crippen LogP contribution in [0.25, 0.3) is 0 Å². The highest BCUT2D eigenvalue weighted by molar-refractivity contribution is 7.89. The van der Waals surface area contributed by atoms with Gasteiger partial charge in [-0.3, -0.25) is 4.98 Å². The third kappa shape index (κ3) is 2.75. The molecule has 0 saturated heterocycles. The van der Waals surface area contributed by atoms with Crippen molar-refractivity contribution in [2.75, 3.05) is 0 Å². The lowest BCUT2D eigenvalue weighted by atomic mass is 10.5. The molecule has 96 valence electrons. The van der Waals surface area contributed by atoms with Crippen molar-refractivity contribution in [3.8, 4) is 0 Å². The van der Waals surface area contributed by atoms with Crippen LogP contribution in [0.1, 0.15) is 14.5 Å². The lowest BCUT2D eigenvalue weighted by molar-refractivity contribution is 0.0698. The van der Waals surface area contributed by atoms with Crippen LogP contribution < -0.4 is 4.72 Å². The van der Waals surface area contributed by atoms with Crippen LogP contribution in [0.3, 0.4) is 0 Å². The summed E-state index contributed by atoms with van der Waals surface area (Å²) < 4.78 is 26.2. The Balaban J connectivity index is 2.20. The van der Waals surface area contributed by atoms with Gasteiger partial charge >= 0.3 is 5.97 Å². The van der Waals surface area contributed by atoms with Crippen molar-refractivity contribution in [3.63, 3.8) is 0 Å². The number of aromatic nitrogens is 1. The fourth-order valence-corrected chi connectivity index (χ4v) is 4.13.